The van der Waals surface area contributed by atoms with Crippen LogP contribution in [0, 0.1) is 41.4 Å². The van der Waals surface area contributed by atoms with Crippen LogP contribution in [0.5, 0.6) is 0 Å². The van der Waals surface area contributed by atoms with Crippen molar-refractivity contribution < 1.29 is 302 Å². The molecule has 0 amide bonds. The summed E-state index contributed by atoms with van der Waals surface area (Å²) < 4.78 is 112. The molecule has 71 heteroatoms. The van der Waals surface area contributed by atoms with E-state index in [9.17, 15) is 142 Å². The van der Waals surface area contributed by atoms with Crippen molar-refractivity contribution in [1.29, 1.82) is 0 Å². The van der Waals surface area contributed by atoms with Crippen LogP contribution >= 0.6 is 67.7 Å². The average Bonchev–Trinajstić information content (AvgIpc) is 1.01. The van der Waals surface area contributed by atoms with Crippen molar-refractivity contribution in [3.8, 4) is 0 Å². The van der Waals surface area contributed by atoms with Gasteiger partial charge in [0, 0.05) is 75.8 Å². The number of aliphatic carboxylic acids is 15. The molecule has 1 aromatic rings. The highest BCUT2D eigenvalue weighted by Gasteiger charge is 2.37. The van der Waals surface area contributed by atoms with Crippen molar-refractivity contribution in [2.45, 2.75) is 141 Å². The molecule has 62 nitrogen and oxygen atoms in total. The second kappa shape index (κ2) is 75.9. The van der Waals surface area contributed by atoms with Crippen molar-refractivity contribution in [2.24, 2.45) is 41.4 Å². The monoisotopic (exact) mass is 2190 g/mol. The van der Waals surface area contributed by atoms with Crippen molar-refractivity contribution in [3.63, 3.8) is 0 Å². The molecule has 0 aliphatic heterocycles. The van der Waals surface area contributed by atoms with Gasteiger partial charge in [-0.2, -0.15) is 0 Å². The molecule has 0 spiro atoms. The molecule has 0 saturated heterocycles. The summed E-state index contributed by atoms with van der Waals surface area (Å²) in [5.74, 6) is -27.9. The van der Waals surface area contributed by atoms with Gasteiger partial charge in [-0.3, -0.25) is 128 Å². The van der Waals surface area contributed by atoms with Crippen molar-refractivity contribution in [2.75, 3.05) is 87.2 Å². The fraction of sp³-hybridized carbons (Fsp3) is 0.642. The van der Waals surface area contributed by atoms with Gasteiger partial charge < -0.3 is 164 Å². The molecular formula is C67H117O62P9. The number of rotatable bonds is 65. The highest BCUT2D eigenvalue weighted by molar-refractivity contribution is 7.59. The highest BCUT2D eigenvalue weighted by Crippen LogP contribution is 2.48. The Labute approximate surface area is 781 Å². The fourth-order valence-corrected chi connectivity index (χ4v) is 20.6. The Morgan fingerprint density at radius 1 is 0.297 bits per heavy atom. The average molecular weight is 2190 g/mol. The molecule has 0 saturated carbocycles. The van der Waals surface area contributed by atoms with Crippen LogP contribution in [0.15, 0.2) is 30.3 Å². The first-order chi connectivity index (χ1) is 62.6. The highest BCUT2D eigenvalue weighted by atomic mass is 31.2. The molecule has 0 fully saturated rings. The van der Waals surface area contributed by atoms with Gasteiger partial charge in [-0.1, -0.05) is 37.3 Å². The Kier molecular flexibility index (Phi) is 79.4. The summed E-state index contributed by atoms with van der Waals surface area (Å²) in [6.45, 7) is 1.47. The number of carbonyl (C=O) groups excluding carboxylic acids is 3. The van der Waals surface area contributed by atoms with Crippen molar-refractivity contribution in [1.82, 2.24) is 0 Å². The maximum Gasteiger partial charge on any atom is 0.466 e. The van der Waals surface area contributed by atoms with E-state index in [2.05, 4.69) is 14.4 Å². The lowest BCUT2D eigenvalue weighted by molar-refractivity contribution is -0.237. The van der Waals surface area contributed by atoms with E-state index in [-0.39, 0.29) is 134 Å². The van der Waals surface area contributed by atoms with Crippen LogP contribution < -0.4 is 0 Å². The lowest BCUT2D eigenvalue weighted by Crippen LogP contribution is -2.24. The number of carbonyl (C=O) groups is 18. The second-order valence-electron chi connectivity index (χ2n) is 28.6. The number of hydrogen-bond donors (Lipinski definition) is 31. The molecule has 802 valence electrons. The molecule has 13 atom stereocenters. The van der Waals surface area contributed by atoms with Gasteiger partial charge in [-0.25, -0.2) is 9.45 Å². The number of benzene rings is 1. The van der Waals surface area contributed by atoms with Gasteiger partial charge >= 0.3 is 128 Å². The van der Waals surface area contributed by atoms with Crippen LogP contribution in [0.4, 0.5) is 0 Å². The first-order valence-corrected chi connectivity index (χ1v) is 55.5. The number of ether oxygens (including phenoxy) is 3. The first kappa shape index (κ1) is 144. The van der Waals surface area contributed by atoms with E-state index < -0.39 is 286 Å². The van der Waals surface area contributed by atoms with E-state index in [0.29, 0.717) is 19.3 Å². The number of carboxylic acids is 15. The minimum atomic E-state index is -4.64. The van der Waals surface area contributed by atoms with Crippen LogP contribution in [0.1, 0.15) is 128 Å². The lowest BCUT2D eigenvalue weighted by Gasteiger charge is -2.21. The van der Waals surface area contributed by atoms with Gasteiger partial charge in [0.25, 0.3) is 19.4 Å². The van der Waals surface area contributed by atoms with E-state index in [1.807, 2.05) is 30.3 Å². The third-order valence-corrected chi connectivity index (χ3v) is 27.7. The molecule has 1 aromatic carbocycles. The largest absolute Gasteiger partial charge is 0.481 e. The number of carboxylic acid groups (broad SMARTS) is 15. The topological polar surface area (TPSA) is 1120 Å². The Bertz CT molecular complexity index is 4380. The van der Waals surface area contributed by atoms with Gasteiger partial charge in [0.1, 0.15) is 18.8 Å². The lowest BCUT2D eigenvalue weighted by atomic mass is 10.0. The summed E-state index contributed by atoms with van der Waals surface area (Å²) in [4.78, 5) is 319. The molecule has 0 bridgehead atoms. The molecule has 13 unspecified atom stereocenters. The summed E-state index contributed by atoms with van der Waals surface area (Å²) >= 11 is 0. The second-order valence-corrected chi connectivity index (χ2v) is 46.4. The van der Waals surface area contributed by atoms with Gasteiger partial charge in [-0.05, 0) is 76.2 Å². The minimum Gasteiger partial charge on any atom is -0.481 e. The van der Waals surface area contributed by atoms with E-state index >= 15 is 0 Å². The molecule has 0 aromatic heterocycles. The molecule has 0 aliphatic rings. The quantitative estimate of drug-likeness (QED) is 0.0109. The van der Waals surface area contributed by atoms with Crippen LogP contribution in [-0.4, -0.2) is 364 Å². The van der Waals surface area contributed by atoms with Crippen LogP contribution in [0.3, 0.4) is 0 Å². The molecule has 31 N–H and O–H groups in total. The van der Waals surface area contributed by atoms with Crippen molar-refractivity contribution >= 4 is 177 Å². The SMILES string of the molecule is CCCP(=O)(O)CC(CCC(=O)O)C(=O)O.O=C(O)CC(CP(=O)(O)O)C(=O)O.O=C(O)CCC(CP(=O)(O)O)C(=O)O.O=C(O)CCCC(CP(=O)(O)O)C(=O)O.O=COC(CCC(=O)O)CP(=O)(O)CC(CCC(=O)O)C(=O)O.O=COC(CCc1ccccc1)CP(=O)(O)CC(CCC(=O)O)C(=O)O.O=COCCP(=O)(O)CC(CCC(=O)O)C(=O)O.O=P(O)(O)CCOO.O=P(O)(O)O. The summed E-state index contributed by atoms with van der Waals surface area (Å²) in [7, 11) is -37.0. The zero-order chi connectivity index (χ0) is 110. The van der Waals surface area contributed by atoms with E-state index in [1.165, 1.54) is 0 Å². The number of aryl methyl sites for hydroxylation is 1. The summed E-state index contributed by atoms with van der Waals surface area (Å²) in [5.41, 5.74) is 0.977. The first-order valence-electron chi connectivity index (χ1n) is 38.7. The van der Waals surface area contributed by atoms with Crippen LogP contribution in [-0.2, 0) is 153 Å². The number of hydrogen-bond acceptors (Lipinski definition) is 32. The molecule has 1 rings (SSSR count). The molecule has 0 aliphatic carbocycles. The minimum absolute atomic E-state index is 0.0195. The summed E-state index contributed by atoms with van der Waals surface area (Å²) in [5, 5.41) is 136. The van der Waals surface area contributed by atoms with Crippen LogP contribution in [0.25, 0.3) is 0 Å². The van der Waals surface area contributed by atoms with Gasteiger partial charge in [0.2, 0.25) is 29.5 Å². The van der Waals surface area contributed by atoms with Gasteiger partial charge in [0.15, 0.2) is 0 Å². The molecule has 0 heterocycles. The van der Waals surface area contributed by atoms with E-state index in [0.717, 1.165) is 5.56 Å². The normalized spacial score (nSPS) is 14.7. The predicted octanol–water partition coefficient (Wildman–Crippen LogP) is 1.37. The molecular weight excluding hydrogens is 2080 g/mol. The van der Waals surface area contributed by atoms with Crippen molar-refractivity contribution in [3.05, 3.63) is 35.9 Å². The molecule has 0 radical (unpaired) electrons. The molecule has 138 heavy (non-hydrogen) atoms. The zero-order valence-corrected chi connectivity index (χ0v) is 80.7. The standard InChI is InChI=1S/C17H23O8P.C12H19O10P.C9H15O8P.C9H17O6P.C7H13O7P.C6H11O7P.C5H9O7P.C2H7O5P.H3O4P/c18-12-25-15(8-6-13-4-2-1-3-5-13)11-26(23,24)10-14(17(21)22)7-9-16(19)20;13-7-22-9(2-4-11(16)17)6-23(20,21)5-8(12(18)19)1-3-10(14)15;10-6-17-3-4-18(15,16)5-7(9(13)14)1-2-8(11)12;1-2-5-16(14,15)6-7(9(12)13)3-4-8(10)11;8-6(9)3-1-2-5(7(10)11)4-15(12,13)14;7-5(8)2-1-4(6(9)10)3-14(11,12)13;6-4(7)1-3(5(8)9)2-13(10,11)12;3-7-1-2-8(4,5)6;1-5(2,3)4/h1-5,12,14-15H,6-11H2,(H,19,20)(H,21,22)(H,23,24);7-9H,1-6H2,(H,14,15)(H,16,17)(H,18,19)(H,20,21);6-7H,1-5H2,(H,11,12)(H,13,14)(H,15,16);7H,2-6H2,1H3,(H,10,11)(H,12,13)(H,14,15);5H,1-4H2,(H,8,9)(H,10,11)(H2,12,13,14);4H,1-3H2,(H,7,8)(H,9,10)(H2,11,12,13);3H,1-2H2,(H,6,7)(H,8,9)(H2,10,11,12);3H,1-2H2,(H2,4,5,6);(H3,1,2,3,4). The number of phosphoric acid groups is 1. The Hall–Kier alpha value is -8.93. The third kappa shape index (κ3) is 106. The summed E-state index contributed by atoms with van der Waals surface area (Å²) in [6, 6.07) is 9.31. The fourth-order valence-electron chi connectivity index (χ4n) is 9.96. The Morgan fingerprint density at radius 3 is 0.812 bits per heavy atom. The van der Waals surface area contributed by atoms with Gasteiger partial charge in [0.05, 0.1) is 97.6 Å². The maximum atomic E-state index is 12.4. The Morgan fingerprint density at radius 2 is 0.565 bits per heavy atom. The maximum absolute atomic E-state index is 12.4. The third-order valence-electron chi connectivity index (χ3n) is 16.2. The van der Waals surface area contributed by atoms with E-state index in [4.69, 9.17) is 145 Å². The zero-order valence-electron chi connectivity index (χ0n) is 72.7. The predicted molar refractivity (Wildman–Crippen MR) is 461 cm³/mol. The van der Waals surface area contributed by atoms with E-state index in [1.54, 1.807) is 6.92 Å². The Balaban J connectivity index is -0.000000235. The summed E-state index contributed by atoms with van der Waals surface area (Å²) in [6.07, 6.45) is -11.6. The van der Waals surface area contributed by atoms with Gasteiger partial charge in [-0.15, -0.1) is 0 Å². The van der Waals surface area contributed by atoms with Crippen LogP contribution in [0.2, 0.25) is 0 Å². The smallest absolute Gasteiger partial charge is 0.466 e.